The smallest absolute Gasteiger partial charge is 0.443 e. The van der Waals surface area contributed by atoms with Gasteiger partial charge in [0.25, 0.3) is 12.4 Å². The van der Waals surface area contributed by atoms with Crippen LogP contribution < -0.4 is 10.6 Å². The number of fused-ring (bicyclic) bond motifs is 3. The average Bonchev–Trinajstić information content (AvgIpc) is 3.68. The second kappa shape index (κ2) is 8.85. The molecule has 0 aromatic carbocycles. The van der Waals surface area contributed by atoms with E-state index in [2.05, 4.69) is 48.5 Å². The van der Waals surface area contributed by atoms with Crippen LogP contribution in [0.1, 0.15) is 46.5 Å². The highest BCUT2D eigenvalue weighted by molar-refractivity contribution is 6.31. The fraction of sp³-hybridized carbons (Fsp3) is 0.652. The van der Waals surface area contributed by atoms with Crippen LogP contribution in [-0.2, 0) is 19.0 Å². The summed E-state index contributed by atoms with van der Waals surface area (Å²) in [5, 5.41) is 5.70. The molecule has 2 aliphatic carbocycles. The SMILES string of the molecule is CC(C)CC([B]OC=O)[N+]1(C(=O)CNC(=O)C2=CNCC=N2)C2C1C21CC=CCCC1C. The summed E-state index contributed by atoms with van der Waals surface area (Å²) in [6.45, 7) is 7.43. The van der Waals surface area contributed by atoms with E-state index in [1.165, 1.54) is 0 Å². The van der Waals surface area contributed by atoms with E-state index >= 15 is 0 Å². The highest BCUT2D eigenvalue weighted by Gasteiger charge is 3.00. The van der Waals surface area contributed by atoms with E-state index in [0.29, 0.717) is 24.9 Å². The Morgan fingerprint density at radius 3 is 2.84 bits per heavy atom. The zero-order valence-electron chi connectivity index (χ0n) is 19.1. The lowest BCUT2D eigenvalue weighted by Gasteiger charge is -2.41. The summed E-state index contributed by atoms with van der Waals surface area (Å²) >= 11 is 0. The molecule has 32 heavy (non-hydrogen) atoms. The van der Waals surface area contributed by atoms with Crippen LogP contribution in [0.3, 0.4) is 0 Å². The molecule has 1 saturated heterocycles. The van der Waals surface area contributed by atoms with Crippen molar-refractivity contribution in [2.75, 3.05) is 13.1 Å². The van der Waals surface area contributed by atoms with Crippen LogP contribution in [-0.4, -0.2) is 67.6 Å². The van der Waals surface area contributed by atoms with E-state index in [4.69, 9.17) is 4.65 Å². The summed E-state index contributed by atoms with van der Waals surface area (Å²) in [6.07, 6.45) is 11.6. The van der Waals surface area contributed by atoms with Crippen molar-refractivity contribution in [1.29, 1.82) is 0 Å². The predicted molar refractivity (Wildman–Crippen MR) is 121 cm³/mol. The number of quaternary nitrogens is 1. The maximum absolute atomic E-state index is 13.7. The molecule has 2 fully saturated rings. The van der Waals surface area contributed by atoms with Crippen LogP contribution in [0.4, 0.5) is 0 Å². The number of aliphatic imine (C=N–C) groups is 1. The molecule has 2 heterocycles. The summed E-state index contributed by atoms with van der Waals surface area (Å²) in [5.74, 6) is 0.256. The summed E-state index contributed by atoms with van der Waals surface area (Å²) in [6, 6.07) is 0.432. The van der Waals surface area contributed by atoms with Crippen LogP contribution >= 0.6 is 0 Å². The number of carbonyl (C=O) groups excluding carboxylic acids is 3. The maximum Gasteiger partial charge on any atom is 0.443 e. The number of allylic oxidation sites excluding steroid dienone is 2. The molecule has 1 radical (unpaired) electrons. The Bertz CT molecular complexity index is 858. The molecule has 9 heteroatoms. The Hall–Kier alpha value is -2.42. The Balaban J connectivity index is 1.54. The second-order valence-corrected chi connectivity index (χ2v) is 9.88. The quantitative estimate of drug-likeness (QED) is 0.185. The first kappa shape index (κ1) is 22.8. The number of nitrogens with one attached hydrogen (secondary N) is 2. The topological polar surface area (TPSA) is 96.9 Å². The number of nitrogens with zero attached hydrogens (tertiary/aromatic N) is 2. The zero-order valence-corrected chi connectivity index (χ0v) is 19.1. The lowest BCUT2D eigenvalue weighted by molar-refractivity contribution is -0.807. The Kier molecular flexibility index (Phi) is 6.29. The van der Waals surface area contributed by atoms with Gasteiger partial charge in [0.2, 0.25) is 0 Å². The molecule has 0 aromatic rings. The first-order chi connectivity index (χ1) is 15.4. The molecular formula is C23H33BN4O4+. The van der Waals surface area contributed by atoms with Gasteiger partial charge in [-0.3, -0.25) is 14.6 Å². The number of hydrogen-bond acceptors (Lipinski definition) is 6. The van der Waals surface area contributed by atoms with E-state index in [0.717, 1.165) is 25.7 Å². The number of hydrogen-bond donors (Lipinski definition) is 2. The number of rotatable bonds is 9. The fourth-order valence-corrected chi connectivity index (χ4v) is 6.27. The van der Waals surface area contributed by atoms with E-state index < -0.39 is 0 Å². The van der Waals surface area contributed by atoms with Crippen LogP contribution in [0.5, 0.6) is 0 Å². The minimum absolute atomic E-state index is 0.0239. The molecule has 0 bridgehead atoms. The van der Waals surface area contributed by atoms with Gasteiger partial charge in [-0.25, -0.2) is 9.28 Å². The summed E-state index contributed by atoms with van der Waals surface area (Å²) in [7, 11) is 1.54. The van der Waals surface area contributed by atoms with Crippen LogP contribution in [0.2, 0.25) is 0 Å². The Labute approximate surface area is 190 Å². The molecule has 2 N–H and O–H groups in total. The van der Waals surface area contributed by atoms with E-state index in [1.54, 1.807) is 19.9 Å². The Morgan fingerprint density at radius 1 is 1.41 bits per heavy atom. The molecule has 0 aromatic heterocycles. The molecule has 1 saturated carbocycles. The van der Waals surface area contributed by atoms with Crippen molar-refractivity contribution < 1.29 is 23.5 Å². The minimum atomic E-state index is -0.371. The second-order valence-electron chi connectivity index (χ2n) is 9.88. The standard InChI is InChI=1S/C23H32BN4O4/c1-15(2)11-18(24-32-14-29)28(19(30)13-27-22(31)17-12-25-9-10-26-17)20-21(28)23(20)8-6-4-5-7-16(23)3/h4,6,10,12,14-16,18,20-21H,5,7-9,11,13H2,1-3H3,(H-,25,27,31)/p+1. The predicted octanol–water partition coefficient (Wildman–Crippen LogP) is 1.25. The third-order valence-corrected chi connectivity index (χ3v) is 7.74. The molecule has 1 spiro atoms. The van der Waals surface area contributed by atoms with Crippen molar-refractivity contribution in [3.8, 4) is 0 Å². The molecule has 8 nitrogen and oxygen atoms in total. The zero-order chi connectivity index (χ0) is 22.9. The summed E-state index contributed by atoms with van der Waals surface area (Å²) < 4.78 is 5.36. The number of carbonyl (C=O) groups is 3. The fourth-order valence-electron chi connectivity index (χ4n) is 6.27. The maximum atomic E-state index is 13.7. The van der Waals surface area contributed by atoms with Crippen molar-refractivity contribution in [3.63, 3.8) is 0 Å². The Morgan fingerprint density at radius 2 is 2.19 bits per heavy atom. The summed E-state index contributed by atoms with van der Waals surface area (Å²) in [4.78, 5) is 41.2. The molecule has 171 valence electrons. The molecule has 2 amide bonds. The first-order valence-electron chi connectivity index (χ1n) is 11.6. The largest absolute Gasteiger partial charge is 0.533 e. The van der Waals surface area contributed by atoms with Crippen molar-refractivity contribution in [1.82, 2.24) is 10.6 Å². The van der Waals surface area contributed by atoms with Gasteiger partial charge < -0.3 is 15.3 Å². The van der Waals surface area contributed by atoms with E-state index in [-0.39, 0.29) is 52.0 Å². The van der Waals surface area contributed by atoms with Gasteiger partial charge in [-0.2, -0.15) is 0 Å². The third-order valence-electron chi connectivity index (χ3n) is 7.74. The van der Waals surface area contributed by atoms with Crippen LogP contribution in [0, 0.1) is 17.3 Å². The van der Waals surface area contributed by atoms with Gasteiger partial charge in [0.1, 0.15) is 18.2 Å². The molecule has 2 aliphatic heterocycles. The van der Waals surface area contributed by atoms with Crippen molar-refractivity contribution in [3.05, 3.63) is 24.0 Å². The average molecular weight is 440 g/mol. The molecular weight excluding hydrogens is 407 g/mol. The lowest BCUT2D eigenvalue weighted by atomic mass is 9.74. The summed E-state index contributed by atoms with van der Waals surface area (Å²) in [5.41, 5.74) is 0.400. The number of amides is 2. The molecule has 4 atom stereocenters. The van der Waals surface area contributed by atoms with Gasteiger partial charge in [-0.05, 0) is 37.5 Å². The molecule has 4 rings (SSSR count). The van der Waals surface area contributed by atoms with Crippen molar-refractivity contribution in [2.24, 2.45) is 22.2 Å². The van der Waals surface area contributed by atoms with Gasteiger partial charge in [0.15, 0.2) is 12.1 Å². The molecule has 4 aliphatic rings. The van der Waals surface area contributed by atoms with Gasteiger partial charge >= 0.3 is 13.4 Å². The first-order valence-corrected chi connectivity index (χ1v) is 11.6. The van der Waals surface area contributed by atoms with Crippen LogP contribution in [0.25, 0.3) is 0 Å². The van der Waals surface area contributed by atoms with E-state index in [9.17, 15) is 14.4 Å². The highest BCUT2D eigenvalue weighted by Crippen LogP contribution is 2.79. The van der Waals surface area contributed by atoms with Crippen molar-refractivity contribution in [2.45, 2.75) is 64.5 Å². The van der Waals surface area contributed by atoms with Crippen molar-refractivity contribution >= 4 is 32.0 Å². The highest BCUT2D eigenvalue weighted by atomic mass is 16.5. The van der Waals surface area contributed by atoms with Gasteiger partial charge in [0, 0.05) is 19.0 Å². The molecule has 4 unspecified atom stereocenters. The van der Waals surface area contributed by atoms with E-state index in [1.807, 2.05) is 0 Å². The lowest BCUT2D eigenvalue weighted by Crippen LogP contribution is -2.62. The third kappa shape index (κ3) is 3.60. The van der Waals surface area contributed by atoms with Gasteiger partial charge in [0.05, 0.1) is 5.41 Å². The van der Waals surface area contributed by atoms with Gasteiger partial charge in [-0.1, -0.05) is 32.9 Å². The number of likely N-dealkylation sites (tertiary alicyclic amines) is 1. The van der Waals surface area contributed by atoms with Gasteiger partial charge in [-0.15, -0.1) is 0 Å². The minimum Gasteiger partial charge on any atom is -0.533 e. The van der Waals surface area contributed by atoms with Crippen LogP contribution in [0.15, 0.2) is 29.0 Å². The monoisotopic (exact) mass is 440 g/mol. The normalized spacial score (nSPS) is 35.1.